The van der Waals surface area contributed by atoms with Gasteiger partial charge in [-0.1, -0.05) is 63.1 Å². The highest BCUT2D eigenvalue weighted by molar-refractivity contribution is 5.31. The van der Waals surface area contributed by atoms with Gasteiger partial charge in [0.25, 0.3) is 0 Å². The van der Waals surface area contributed by atoms with E-state index in [1.807, 2.05) is 0 Å². The van der Waals surface area contributed by atoms with Gasteiger partial charge in [-0.2, -0.15) is 0 Å². The van der Waals surface area contributed by atoms with Gasteiger partial charge in [0.15, 0.2) is 0 Å². The molecule has 0 amide bonds. The summed E-state index contributed by atoms with van der Waals surface area (Å²) in [5, 5.41) is 0. The maximum Gasteiger partial charge on any atom is 0.00182 e. The first-order valence-electron chi connectivity index (χ1n) is 8.50. The van der Waals surface area contributed by atoms with Crippen LogP contribution >= 0.6 is 0 Å². The molecule has 2 aliphatic rings. The minimum atomic E-state index is 0.659. The fourth-order valence-corrected chi connectivity index (χ4v) is 3.85. The molecule has 0 heterocycles. The van der Waals surface area contributed by atoms with Gasteiger partial charge < -0.3 is 0 Å². The van der Waals surface area contributed by atoms with E-state index >= 15 is 0 Å². The van der Waals surface area contributed by atoms with E-state index < -0.39 is 0 Å². The maximum atomic E-state index is 2.42. The number of rotatable bonds is 2. The molecule has 2 unspecified atom stereocenters. The topological polar surface area (TPSA) is 0 Å². The van der Waals surface area contributed by atoms with Crippen molar-refractivity contribution in [2.24, 2.45) is 11.8 Å². The summed E-state index contributed by atoms with van der Waals surface area (Å²) in [5.74, 6) is 3.20. The van der Waals surface area contributed by atoms with Crippen molar-refractivity contribution in [3.63, 3.8) is 0 Å². The molecule has 1 fully saturated rings. The Morgan fingerprint density at radius 3 is 1.95 bits per heavy atom. The molecule has 0 N–H and O–H groups in total. The van der Waals surface area contributed by atoms with E-state index in [4.69, 9.17) is 0 Å². The van der Waals surface area contributed by atoms with Crippen LogP contribution in [0.3, 0.4) is 0 Å². The molecule has 0 spiro atoms. The number of allylic oxidation sites excluding steroid dienone is 2. The fraction of sp³-hybridized carbons (Fsp3) is 0.600. The quantitative estimate of drug-likeness (QED) is 0.573. The van der Waals surface area contributed by atoms with Gasteiger partial charge in [0.05, 0.1) is 0 Å². The second-order valence-electron chi connectivity index (χ2n) is 7.17. The van der Waals surface area contributed by atoms with E-state index in [0.29, 0.717) is 5.92 Å². The van der Waals surface area contributed by atoms with Crippen LogP contribution in [-0.4, -0.2) is 0 Å². The molecule has 108 valence electrons. The second-order valence-corrected chi connectivity index (χ2v) is 7.17. The minimum Gasteiger partial charge on any atom is -0.0851 e. The molecule has 2 aliphatic carbocycles. The summed E-state index contributed by atoms with van der Waals surface area (Å²) in [5.41, 5.74) is 3.09. The third kappa shape index (κ3) is 3.16. The molecule has 20 heavy (non-hydrogen) atoms. The number of hydrogen-bond acceptors (Lipinski definition) is 0. The Labute approximate surface area is 124 Å². The molecule has 0 aliphatic heterocycles. The summed E-state index contributed by atoms with van der Waals surface area (Å²) in [7, 11) is 0. The molecule has 0 saturated heterocycles. The van der Waals surface area contributed by atoms with Crippen LogP contribution in [0.5, 0.6) is 0 Å². The Balaban J connectivity index is 1.67. The van der Waals surface area contributed by atoms with Crippen molar-refractivity contribution in [2.75, 3.05) is 0 Å². The van der Waals surface area contributed by atoms with Crippen LogP contribution in [0.1, 0.15) is 75.3 Å². The zero-order chi connectivity index (χ0) is 13.9. The van der Waals surface area contributed by atoms with Crippen molar-refractivity contribution in [1.82, 2.24) is 0 Å². The molecule has 1 saturated carbocycles. The van der Waals surface area contributed by atoms with Crippen LogP contribution in [-0.2, 0) is 0 Å². The van der Waals surface area contributed by atoms with Crippen molar-refractivity contribution in [3.05, 3.63) is 47.5 Å². The third-order valence-corrected chi connectivity index (χ3v) is 5.46. The Morgan fingerprint density at radius 2 is 1.35 bits per heavy atom. The molecule has 0 aromatic heterocycles. The Bertz CT molecular complexity index is 445. The lowest BCUT2D eigenvalue weighted by molar-refractivity contribution is 0.348. The first kappa shape index (κ1) is 13.9. The lowest BCUT2D eigenvalue weighted by atomic mass is 9.78. The first-order valence-corrected chi connectivity index (χ1v) is 8.50. The van der Waals surface area contributed by atoms with Crippen molar-refractivity contribution >= 4 is 0 Å². The van der Waals surface area contributed by atoms with Gasteiger partial charge in [-0.3, -0.25) is 0 Å². The predicted octanol–water partition coefficient (Wildman–Crippen LogP) is 6.05. The van der Waals surface area contributed by atoms with Gasteiger partial charge in [-0.25, -0.2) is 0 Å². The van der Waals surface area contributed by atoms with Crippen LogP contribution < -0.4 is 0 Å². The summed E-state index contributed by atoms with van der Waals surface area (Å²) in [6, 6.07) is 9.58. The maximum absolute atomic E-state index is 2.42. The van der Waals surface area contributed by atoms with E-state index in [1.54, 1.807) is 5.56 Å². The highest BCUT2D eigenvalue weighted by Crippen LogP contribution is 2.36. The van der Waals surface area contributed by atoms with E-state index in [0.717, 1.165) is 17.8 Å². The highest BCUT2D eigenvalue weighted by Gasteiger charge is 2.20. The molecule has 0 radical (unpaired) electrons. The second kappa shape index (κ2) is 6.16. The van der Waals surface area contributed by atoms with Crippen molar-refractivity contribution < 1.29 is 0 Å². The largest absolute Gasteiger partial charge is 0.0851 e. The predicted molar refractivity (Wildman–Crippen MR) is 87.1 cm³/mol. The van der Waals surface area contributed by atoms with Gasteiger partial charge >= 0.3 is 0 Å². The molecule has 0 bridgehead atoms. The van der Waals surface area contributed by atoms with E-state index in [-0.39, 0.29) is 0 Å². The van der Waals surface area contributed by atoms with E-state index in [1.165, 1.54) is 44.1 Å². The summed E-state index contributed by atoms with van der Waals surface area (Å²) >= 11 is 0. The summed E-state index contributed by atoms with van der Waals surface area (Å²) in [6.45, 7) is 4.72. The zero-order valence-corrected chi connectivity index (χ0v) is 13.0. The van der Waals surface area contributed by atoms with Crippen molar-refractivity contribution in [1.29, 1.82) is 0 Å². The van der Waals surface area contributed by atoms with Crippen LogP contribution in [0.4, 0.5) is 0 Å². The lowest BCUT2D eigenvalue weighted by Crippen LogP contribution is -2.11. The summed E-state index contributed by atoms with van der Waals surface area (Å²) in [4.78, 5) is 0. The van der Waals surface area contributed by atoms with Gasteiger partial charge in [-0.05, 0) is 54.6 Å². The molecule has 1 aromatic carbocycles. The van der Waals surface area contributed by atoms with Gasteiger partial charge in [0.2, 0.25) is 0 Å². The molecule has 2 atom stereocenters. The molecule has 1 aromatic rings. The van der Waals surface area contributed by atoms with E-state index in [9.17, 15) is 0 Å². The van der Waals surface area contributed by atoms with Crippen LogP contribution in [0, 0.1) is 11.8 Å². The Morgan fingerprint density at radius 1 is 0.700 bits per heavy atom. The van der Waals surface area contributed by atoms with Crippen molar-refractivity contribution in [2.45, 2.75) is 64.2 Å². The van der Waals surface area contributed by atoms with Crippen molar-refractivity contribution in [3.8, 4) is 0 Å². The molecular weight excluding hydrogens is 240 g/mol. The lowest BCUT2D eigenvalue weighted by Gasteiger charge is -2.27. The Hall–Kier alpha value is -1.04. The van der Waals surface area contributed by atoms with Gasteiger partial charge in [-0.15, -0.1) is 0 Å². The molecule has 3 rings (SSSR count). The van der Waals surface area contributed by atoms with Crippen LogP contribution in [0.25, 0.3) is 0 Å². The first-order chi connectivity index (χ1) is 9.72. The normalized spacial score (nSPS) is 34.1. The van der Waals surface area contributed by atoms with Crippen LogP contribution in [0.15, 0.2) is 36.4 Å². The summed E-state index contributed by atoms with van der Waals surface area (Å²) in [6.07, 6.45) is 13.1. The van der Waals surface area contributed by atoms with Gasteiger partial charge in [0, 0.05) is 5.92 Å². The third-order valence-electron chi connectivity index (χ3n) is 5.46. The average molecular weight is 268 g/mol. The minimum absolute atomic E-state index is 0.659. The molecule has 0 nitrogen and oxygen atoms in total. The standard InChI is InChI=1S/C20H28/c1-15-3-7-17(8-4-15)19-11-13-20(14-12-19)18-9-5-16(2)6-10-18/h3,7,11-18H,4-6,8-10H2,1-2H3. The monoisotopic (exact) mass is 268 g/mol. The van der Waals surface area contributed by atoms with E-state index in [2.05, 4.69) is 50.3 Å². The molecular formula is C20H28. The fourth-order valence-electron chi connectivity index (χ4n) is 3.85. The number of benzene rings is 1. The Kier molecular flexibility index (Phi) is 4.29. The smallest absolute Gasteiger partial charge is 0.00182 e. The zero-order valence-electron chi connectivity index (χ0n) is 13.0. The highest BCUT2D eigenvalue weighted by atomic mass is 14.3. The SMILES string of the molecule is CC1C=CC(c2ccc(C3CCC(C)CC3)cc2)CC1. The molecule has 0 heteroatoms. The van der Waals surface area contributed by atoms with Gasteiger partial charge in [0.1, 0.15) is 0 Å². The number of hydrogen-bond donors (Lipinski definition) is 0. The average Bonchev–Trinajstić information content (AvgIpc) is 2.49. The summed E-state index contributed by atoms with van der Waals surface area (Å²) < 4.78 is 0. The van der Waals surface area contributed by atoms with Crippen LogP contribution in [0.2, 0.25) is 0 Å².